The predicted molar refractivity (Wildman–Crippen MR) is 46.9 cm³/mol. The van der Waals surface area contributed by atoms with Gasteiger partial charge in [0.15, 0.2) is 0 Å². The minimum absolute atomic E-state index is 0.0240. The molecule has 0 aliphatic carbocycles. The highest BCUT2D eigenvalue weighted by molar-refractivity contribution is 5.72. The molecule has 0 saturated carbocycles. The maximum Gasteiger partial charge on any atom is 0.310 e. The van der Waals surface area contributed by atoms with Gasteiger partial charge >= 0.3 is 5.97 Å². The number of piperidine rings is 1. The second-order valence-electron chi connectivity index (χ2n) is 3.35. The SMILES string of the molecule is CCOC(=O)[C@H]1CCCN(C)C1. The number of esters is 1. The lowest BCUT2D eigenvalue weighted by Gasteiger charge is -2.27. The van der Waals surface area contributed by atoms with Crippen molar-refractivity contribution in [2.24, 2.45) is 5.92 Å². The number of rotatable bonds is 2. The second-order valence-corrected chi connectivity index (χ2v) is 3.35. The first-order valence-electron chi connectivity index (χ1n) is 4.59. The lowest BCUT2D eigenvalue weighted by molar-refractivity contribution is -0.149. The largest absolute Gasteiger partial charge is 0.466 e. The van der Waals surface area contributed by atoms with E-state index in [1.165, 1.54) is 0 Å². The summed E-state index contributed by atoms with van der Waals surface area (Å²) >= 11 is 0. The van der Waals surface area contributed by atoms with E-state index in [-0.39, 0.29) is 11.9 Å². The molecule has 12 heavy (non-hydrogen) atoms. The van der Waals surface area contributed by atoms with Crippen LogP contribution in [0.15, 0.2) is 0 Å². The minimum Gasteiger partial charge on any atom is -0.466 e. The van der Waals surface area contributed by atoms with E-state index in [0.717, 1.165) is 25.9 Å². The smallest absolute Gasteiger partial charge is 0.310 e. The van der Waals surface area contributed by atoms with Crippen LogP contribution in [0.4, 0.5) is 0 Å². The molecule has 1 aliphatic heterocycles. The first-order valence-corrected chi connectivity index (χ1v) is 4.59. The molecule has 0 aromatic heterocycles. The van der Waals surface area contributed by atoms with Gasteiger partial charge in [0.05, 0.1) is 12.5 Å². The number of hydrogen-bond acceptors (Lipinski definition) is 3. The zero-order chi connectivity index (χ0) is 8.97. The highest BCUT2D eigenvalue weighted by Gasteiger charge is 2.24. The molecule has 3 heteroatoms. The van der Waals surface area contributed by atoms with Crippen LogP contribution in [-0.2, 0) is 9.53 Å². The highest BCUT2D eigenvalue weighted by atomic mass is 16.5. The van der Waals surface area contributed by atoms with E-state index in [0.29, 0.717) is 6.61 Å². The van der Waals surface area contributed by atoms with E-state index in [9.17, 15) is 4.79 Å². The molecule has 0 aromatic carbocycles. The van der Waals surface area contributed by atoms with Gasteiger partial charge in [-0.2, -0.15) is 0 Å². The van der Waals surface area contributed by atoms with Gasteiger partial charge in [0.2, 0.25) is 0 Å². The Morgan fingerprint density at radius 3 is 3.00 bits per heavy atom. The summed E-state index contributed by atoms with van der Waals surface area (Å²) in [4.78, 5) is 13.5. The first-order chi connectivity index (χ1) is 5.74. The summed E-state index contributed by atoms with van der Waals surface area (Å²) in [6.45, 7) is 4.32. The van der Waals surface area contributed by atoms with Crippen LogP contribution in [0, 0.1) is 5.92 Å². The van der Waals surface area contributed by atoms with Gasteiger partial charge in [-0.15, -0.1) is 0 Å². The van der Waals surface area contributed by atoms with Crippen molar-refractivity contribution in [3.8, 4) is 0 Å². The third kappa shape index (κ3) is 2.48. The maximum absolute atomic E-state index is 11.3. The van der Waals surface area contributed by atoms with Crippen molar-refractivity contribution >= 4 is 5.97 Å². The molecule has 3 nitrogen and oxygen atoms in total. The Kier molecular flexibility index (Phi) is 3.53. The summed E-state index contributed by atoms with van der Waals surface area (Å²) in [7, 11) is 2.05. The van der Waals surface area contributed by atoms with E-state index in [4.69, 9.17) is 4.74 Å². The molecule has 1 aliphatic rings. The molecule has 1 atom stereocenters. The molecule has 0 amide bonds. The molecular formula is C9H17NO2. The van der Waals surface area contributed by atoms with E-state index >= 15 is 0 Å². The normalized spacial score (nSPS) is 25.3. The van der Waals surface area contributed by atoms with E-state index in [2.05, 4.69) is 4.90 Å². The van der Waals surface area contributed by atoms with Gasteiger partial charge in [-0.3, -0.25) is 4.79 Å². The molecule has 1 heterocycles. The summed E-state index contributed by atoms with van der Waals surface area (Å²) in [6, 6.07) is 0. The van der Waals surface area contributed by atoms with Crippen LogP contribution in [0.25, 0.3) is 0 Å². The fourth-order valence-corrected chi connectivity index (χ4v) is 1.62. The Morgan fingerprint density at radius 1 is 1.67 bits per heavy atom. The number of likely N-dealkylation sites (tertiary alicyclic amines) is 1. The van der Waals surface area contributed by atoms with Gasteiger partial charge in [-0.05, 0) is 33.4 Å². The quantitative estimate of drug-likeness (QED) is 0.578. The molecule has 70 valence electrons. The molecule has 0 unspecified atom stereocenters. The van der Waals surface area contributed by atoms with Crippen molar-refractivity contribution in [3.05, 3.63) is 0 Å². The summed E-state index contributed by atoms with van der Waals surface area (Å²) in [6.07, 6.45) is 2.10. The maximum atomic E-state index is 11.3. The molecule has 0 aromatic rings. The van der Waals surface area contributed by atoms with Gasteiger partial charge in [0, 0.05) is 6.54 Å². The second kappa shape index (κ2) is 4.45. The van der Waals surface area contributed by atoms with Crippen LogP contribution in [0.3, 0.4) is 0 Å². The molecule has 1 rings (SSSR count). The topological polar surface area (TPSA) is 29.5 Å². The minimum atomic E-state index is -0.0240. The van der Waals surface area contributed by atoms with E-state index in [1.54, 1.807) is 0 Å². The van der Waals surface area contributed by atoms with Gasteiger partial charge in [-0.25, -0.2) is 0 Å². The number of nitrogens with zero attached hydrogens (tertiary/aromatic N) is 1. The summed E-state index contributed by atoms with van der Waals surface area (Å²) < 4.78 is 4.96. The Bertz CT molecular complexity index is 159. The average molecular weight is 171 g/mol. The zero-order valence-corrected chi connectivity index (χ0v) is 7.88. The number of carbonyl (C=O) groups excluding carboxylic acids is 1. The van der Waals surface area contributed by atoms with Crippen LogP contribution in [-0.4, -0.2) is 37.6 Å². The zero-order valence-electron chi connectivity index (χ0n) is 7.88. The molecule has 1 fully saturated rings. The molecule has 0 radical (unpaired) electrons. The van der Waals surface area contributed by atoms with Crippen molar-refractivity contribution in [1.82, 2.24) is 4.90 Å². The lowest BCUT2D eigenvalue weighted by atomic mass is 9.99. The Morgan fingerprint density at radius 2 is 2.42 bits per heavy atom. The summed E-state index contributed by atoms with van der Waals surface area (Å²) in [5.41, 5.74) is 0. The van der Waals surface area contributed by atoms with Crippen molar-refractivity contribution in [3.63, 3.8) is 0 Å². The lowest BCUT2D eigenvalue weighted by Crippen LogP contribution is -2.36. The number of ether oxygens (including phenoxy) is 1. The predicted octanol–water partition coefficient (Wildman–Crippen LogP) is 0.891. The van der Waals surface area contributed by atoms with Crippen LogP contribution >= 0.6 is 0 Å². The fourth-order valence-electron chi connectivity index (χ4n) is 1.62. The molecule has 0 spiro atoms. The molecule has 0 N–H and O–H groups in total. The van der Waals surface area contributed by atoms with Crippen molar-refractivity contribution in [1.29, 1.82) is 0 Å². The average Bonchev–Trinajstić information content (AvgIpc) is 2.05. The molecular weight excluding hydrogens is 154 g/mol. The van der Waals surface area contributed by atoms with E-state index in [1.807, 2.05) is 14.0 Å². The Balaban J connectivity index is 2.35. The van der Waals surface area contributed by atoms with Gasteiger partial charge in [0.25, 0.3) is 0 Å². The first kappa shape index (κ1) is 9.52. The molecule has 0 bridgehead atoms. The monoisotopic (exact) mass is 171 g/mol. The number of hydrogen-bond donors (Lipinski definition) is 0. The van der Waals surface area contributed by atoms with Crippen LogP contribution in [0.1, 0.15) is 19.8 Å². The fraction of sp³-hybridized carbons (Fsp3) is 0.889. The van der Waals surface area contributed by atoms with Crippen molar-refractivity contribution in [2.45, 2.75) is 19.8 Å². The third-order valence-corrected chi connectivity index (χ3v) is 2.24. The Hall–Kier alpha value is -0.570. The van der Waals surface area contributed by atoms with Crippen molar-refractivity contribution < 1.29 is 9.53 Å². The van der Waals surface area contributed by atoms with Gasteiger partial charge < -0.3 is 9.64 Å². The standard InChI is InChI=1S/C9H17NO2/c1-3-12-9(11)8-5-4-6-10(2)7-8/h8H,3-7H2,1-2H3/t8-/m0/s1. The highest BCUT2D eigenvalue weighted by Crippen LogP contribution is 2.16. The number of carbonyl (C=O) groups is 1. The van der Waals surface area contributed by atoms with E-state index < -0.39 is 0 Å². The van der Waals surface area contributed by atoms with Crippen LogP contribution in [0.5, 0.6) is 0 Å². The van der Waals surface area contributed by atoms with Crippen LogP contribution < -0.4 is 0 Å². The van der Waals surface area contributed by atoms with Gasteiger partial charge in [-0.1, -0.05) is 0 Å². The summed E-state index contributed by atoms with van der Waals surface area (Å²) in [5.74, 6) is 0.0905. The summed E-state index contributed by atoms with van der Waals surface area (Å²) in [5, 5.41) is 0. The van der Waals surface area contributed by atoms with Crippen LogP contribution in [0.2, 0.25) is 0 Å². The molecule has 1 saturated heterocycles. The van der Waals surface area contributed by atoms with Gasteiger partial charge in [0.1, 0.15) is 0 Å². The van der Waals surface area contributed by atoms with Crippen molar-refractivity contribution in [2.75, 3.05) is 26.7 Å². The Labute approximate surface area is 73.7 Å². The third-order valence-electron chi connectivity index (χ3n) is 2.24.